The molecule has 22 heavy (non-hydrogen) atoms. The topological polar surface area (TPSA) is 99.0 Å². The van der Waals surface area contributed by atoms with Crippen molar-refractivity contribution < 1.29 is 18.5 Å². The third kappa shape index (κ3) is 2.76. The smallest absolute Gasteiger partial charge is 0.423 e. The van der Waals surface area contributed by atoms with Gasteiger partial charge in [-0.05, 0) is 18.9 Å². The largest absolute Gasteiger partial charge is 0.489 e. The fraction of sp³-hybridized carbons (Fsp3) is 0.462. The molecule has 0 saturated heterocycles. The Labute approximate surface area is 134 Å². The van der Waals surface area contributed by atoms with E-state index in [1.165, 1.54) is 12.1 Å². The minimum absolute atomic E-state index is 0.0652. The first-order valence-electron chi connectivity index (χ1n) is 7.20. The van der Waals surface area contributed by atoms with E-state index in [2.05, 4.69) is 9.71 Å². The Morgan fingerprint density at radius 2 is 1.91 bits per heavy atom. The van der Waals surface area contributed by atoms with Crippen molar-refractivity contribution in [1.29, 1.82) is 0 Å². The van der Waals surface area contributed by atoms with E-state index in [9.17, 15) is 18.5 Å². The second-order valence-corrected chi connectivity index (χ2v) is 7.65. The molecule has 0 bridgehead atoms. The molecule has 0 amide bonds. The molecule has 0 unspecified atom stereocenters. The number of rotatable bonds is 2. The predicted molar refractivity (Wildman–Crippen MR) is 85.3 cm³/mol. The summed E-state index contributed by atoms with van der Waals surface area (Å²) in [5.74, 6) is 0.467. The number of sulfonamides is 1. The molecule has 1 fully saturated rings. The van der Waals surface area contributed by atoms with Crippen LogP contribution in [0.3, 0.4) is 0 Å². The second kappa shape index (κ2) is 5.84. The molecule has 1 aromatic carbocycles. The fourth-order valence-corrected chi connectivity index (χ4v) is 4.77. The van der Waals surface area contributed by atoms with Gasteiger partial charge in [0.05, 0.1) is 5.02 Å². The van der Waals surface area contributed by atoms with Crippen LogP contribution in [0.1, 0.15) is 32.1 Å². The van der Waals surface area contributed by atoms with E-state index in [4.69, 9.17) is 11.6 Å². The molecule has 1 aliphatic heterocycles. The van der Waals surface area contributed by atoms with Crippen LogP contribution in [-0.4, -0.2) is 31.4 Å². The van der Waals surface area contributed by atoms with Gasteiger partial charge in [-0.2, -0.15) is 0 Å². The van der Waals surface area contributed by atoms with Gasteiger partial charge in [0, 0.05) is 11.4 Å². The second-order valence-electron chi connectivity index (χ2n) is 5.63. The Balaban J connectivity index is 2.15. The molecule has 1 aromatic rings. The Morgan fingerprint density at radius 3 is 2.55 bits per heavy atom. The molecule has 2 aliphatic rings. The molecule has 1 heterocycles. The third-order valence-corrected chi connectivity index (χ3v) is 5.87. The monoisotopic (exact) mass is 342 g/mol. The number of halogens is 1. The summed E-state index contributed by atoms with van der Waals surface area (Å²) < 4.78 is 27.5. The summed E-state index contributed by atoms with van der Waals surface area (Å²) in [4.78, 5) is 4.12. The van der Waals surface area contributed by atoms with Gasteiger partial charge >= 0.3 is 7.12 Å². The highest BCUT2D eigenvalue weighted by Crippen LogP contribution is 2.36. The maximum Gasteiger partial charge on any atom is 0.489 e. The number of hydrogen-bond donors (Lipinski definition) is 3. The van der Waals surface area contributed by atoms with Gasteiger partial charge in [0.1, 0.15) is 16.4 Å². The summed E-state index contributed by atoms with van der Waals surface area (Å²) in [5.41, 5.74) is -0.0371. The van der Waals surface area contributed by atoms with E-state index in [0.717, 1.165) is 32.1 Å². The van der Waals surface area contributed by atoms with Gasteiger partial charge < -0.3 is 10.0 Å². The first kappa shape index (κ1) is 15.8. The van der Waals surface area contributed by atoms with Crippen molar-refractivity contribution in [2.24, 2.45) is 10.9 Å². The van der Waals surface area contributed by atoms with Crippen molar-refractivity contribution in [2.45, 2.75) is 37.0 Å². The molecule has 1 saturated carbocycles. The highest BCUT2D eigenvalue weighted by molar-refractivity contribution is 7.90. The SMILES string of the molecule is O=S1(=O)NC(C2CCCCC2)=Nc2c(Cl)ccc(B(O)O)c21. The van der Waals surface area contributed by atoms with Gasteiger partial charge in [-0.15, -0.1) is 0 Å². The number of hydrogen-bond acceptors (Lipinski definition) is 5. The van der Waals surface area contributed by atoms with Gasteiger partial charge in [0.15, 0.2) is 0 Å². The van der Waals surface area contributed by atoms with E-state index in [-0.39, 0.29) is 27.0 Å². The molecule has 3 rings (SSSR count). The summed E-state index contributed by atoms with van der Waals surface area (Å²) in [7, 11) is -5.83. The van der Waals surface area contributed by atoms with Crippen LogP contribution >= 0.6 is 11.6 Å². The fourth-order valence-electron chi connectivity index (χ4n) is 3.04. The molecule has 118 valence electrons. The quantitative estimate of drug-likeness (QED) is 0.696. The van der Waals surface area contributed by atoms with Crippen LogP contribution < -0.4 is 10.2 Å². The van der Waals surface area contributed by atoms with E-state index >= 15 is 0 Å². The Morgan fingerprint density at radius 1 is 1.23 bits per heavy atom. The molecule has 0 spiro atoms. The normalized spacial score (nSPS) is 20.8. The van der Waals surface area contributed by atoms with Crippen LogP contribution in [0.4, 0.5) is 5.69 Å². The molecule has 0 atom stereocenters. The van der Waals surface area contributed by atoms with Crippen molar-refractivity contribution >= 4 is 45.7 Å². The number of nitrogens with one attached hydrogen (secondary N) is 1. The molecule has 9 heteroatoms. The molecule has 3 N–H and O–H groups in total. The number of benzene rings is 1. The van der Waals surface area contributed by atoms with Crippen molar-refractivity contribution in [1.82, 2.24) is 4.72 Å². The zero-order valence-corrected chi connectivity index (χ0v) is 13.4. The standard InChI is InChI=1S/C13H16BClN2O4S/c15-10-7-6-9(14(18)19)12-11(10)16-13(17-22(12,20)21)8-4-2-1-3-5-8/h6-8,18-19H,1-5H2,(H,16,17). The number of fused-ring (bicyclic) bond motifs is 1. The zero-order chi connectivity index (χ0) is 15.9. The van der Waals surface area contributed by atoms with Crippen LogP contribution in [0.15, 0.2) is 22.0 Å². The maximum absolute atomic E-state index is 12.5. The molecule has 1 aliphatic carbocycles. The Kier molecular flexibility index (Phi) is 4.20. The maximum atomic E-state index is 12.5. The third-order valence-electron chi connectivity index (χ3n) is 4.12. The Hall–Kier alpha value is -1.09. The van der Waals surface area contributed by atoms with Crippen LogP contribution in [0.25, 0.3) is 0 Å². The summed E-state index contributed by atoms with van der Waals surface area (Å²) in [6.07, 6.45) is 5.00. The Bertz CT molecular complexity index is 730. The number of aliphatic imine (C=N–C) groups is 1. The van der Waals surface area contributed by atoms with Gasteiger partial charge in [-0.1, -0.05) is 36.9 Å². The summed E-state index contributed by atoms with van der Waals surface area (Å²) in [6, 6.07) is 2.71. The lowest BCUT2D eigenvalue weighted by atomic mass is 9.80. The van der Waals surface area contributed by atoms with Crippen LogP contribution in [0.2, 0.25) is 5.02 Å². The van der Waals surface area contributed by atoms with E-state index in [0.29, 0.717) is 5.84 Å². The number of nitrogens with zero attached hydrogens (tertiary/aromatic N) is 1. The molecule has 0 radical (unpaired) electrons. The van der Waals surface area contributed by atoms with Gasteiger partial charge in [0.2, 0.25) is 0 Å². The van der Waals surface area contributed by atoms with E-state index in [1.54, 1.807) is 0 Å². The zero-order valence-electron chi connectivity index (χ0n) is 11.8. The first-order chi connectivity index (χ1) is 10.4. The minimum atomic E-state index is -3.92. The molecular formula is C13H16BClN2O4S. The van der Waals surface area contributed by atoms with Crippen LogP contribution in [0, 0.1) is 5.92 Å². The molecular weight excluding hydrogens is 326 g/mol. The lowest BCUT2D eigenvalue weighted by Crippen LogP contribution is -2.44. The highest BCUT2D eigenvalue weighted by atomic mass is 35.5. The van der Waals surface area contributed by atoms with Crippen LogP contribution in [-0.2, 0) is 10.0 Å². The average Bonchev–Trinajstić information content (AvgIpc) is 2.48. The highest BCUT2D eigenvalue weighted by Gasteiger charge is 2.35. The summed E-state index contributed by atoms with van der Waals surface area (Å²) in [5, 5.41) is 19.0. The summed E-state index contributed by atoms with van der Waals surface area (Å²) in [6.45, 7) is 0. The van der Waals surface area contributed by atoms with Crippen LogP contribution in [0.5, 0.6) is 0 Å². The lowest BCUT2D eigenvalue weighted by molar-refractivity contribution is 0.424. The predicted octanol–water partition coefficient (Wildman–Crippen LogP) is 0.922. The van der Waals surface area contributed by atoms with Gasteiger partial charge in [-0.3, -0.25) is 4.72 Å². The van der Waals surface area contributed by atoms with E-state index < -0.39 is 17.1 Å². The van der Waals surface area contributed by atoms with Gasteiger partial charge in [-0.25, -0.2) is 13.4 Å². The average molecular weight is 343 g/mol. The lowest BCUT2D eigenvalue weighted by Gasteiger charge is -2.28. The van der Waals surface area contributed by atoms with Crippen molar-refractivity contribution in [3.8, 4) is 0 Å². The first-order valence-corrected chi connectivity index (χ1v) is 9.06. The molecule has 0 aromatic heterocycles. The van der Waals surface area contributed by atoms with Crippen molar-refractivity contribution in [3.63, 3.8) is 0 Å². The van der Waals surface area contributed by atoms with Crippen molar-refractivity contribution in [3.05, 3.63) is 17.2 Å². The van der Waals surface area contributed by atoms with E-state index in [1.807, 2.05) is 0 Å². The van der Waals surface area contributed by atoms with Gasteiger partial charge in [0.25, 0.3) is 10.0 Å². The summed E-state index contributed by atoms with van der Waals surface area (Å²) >= 11 is 6.09. The molecule has 6 nitrogen and oxygen atoms in total. The minimum Gasteiger partial charge on any atom is -0.423 e. The van der Waals surface area contributed by atoms with Crippen molar-refractivity contribution in [2.75, 3.05) is 0 Å². The number of amidine groups is 1.